The molecular weight excluding hydrogens is 248 g/mol. The highest BCUT2D eigenvalue weighted by Gasteiger charge is 2.07. The predicted molar refractivity (Wildman–Crippen MR) is 55.6 cm³/mol. The van der Waals surface area contributed by atoms with Gasteiger partial charge in [-0.25, -0.2) is 4.98 Å². The highest BCUT2D eigenvalue weighted by atomic mass is 79.9. The van der Waals surface area contributed by atoms with Crippen molar-refractivity contribution in [2.75, 3.05) is 0 Å². The van der Waals surface area contributed by atoms with E-state index in [0.717, 1.165) is 4.47 Å². The van der Waals surface area contributed by atoms with Crippen LogP contribution in [0.15, 0.2) is 27.6 Å². The first-order valence-electron chi connectivity index (χ1n) is 3.97. The van der Waals surface area contributed by atoms with Crippen LogP contribution in [0.3, 0.4) is 0 Å². The molecule has 0 saturated carbocycles. The van der Waals surface area contributed by atoms with E-state index in [1.807, 2.05) is 0 Å². The van der Waals surface area contributed by atoms with Gasteiger partial charge in [0.1, 0.15) is 5.65 Å². The highest BCUT2D eigenvalue weighted by Crippen LogP contribution is 2.12. The molecule has 0 aliphatic carbocycles. The van der Waals surface area contributed by atoms with Crippen LogP contribution in [-0.4, -0.2) is 14.5 Å². The van der Waals surface area contributed by atoms with Gasteiger partial charge in [0.25, 0.3) is 5.56 Å². The van der Waals surface area contributed by atoms with Crippen LogP contribution < -0.4 is 5.56 Å². The highest BCUT2D eigenvalue weighted by molar-refractivity contribution is 9.10. The molecular formula is C9H7BrN2O2. The van der Waals surface area contributed by atoms with Gasteiger partial charge < -0.3 is 5.11 Å². The third-order valence-electron chi connectivity index (χ3n) is 1.94. The lowest BCUT2D eigenvalue weighted by Crippen LogP contribution is -2.15. The summed E-state index contributed by atoms with van der Waals surface area (Å²) in [5, 5.41) is 9.38. The molecule has 2 aromatic rings. The zero-order chi connectivity index (χ0) is 10.3. The van der Waals surface area contributed by atoms with Crippen LogP contribution in [0.25, 0.3) is 5.65 Å². The minimum absolute atomic E-state index is 0.305. The summed E-state index contributed by atoms with van der Waals surface area (Å²) >= 11 is 3.24. The molecule has 0 spiro atoms. The SMILES string of the molecule is Cc1nc2ccc(Br)cn2c(=O)c1O. The average Bonchev–Trinajstić information content (AvgIpc) is 2.16. The maximum Gasteiger partial charge on any atom is 0.300 e. The van der Waals surface area contributed by atoms with Gasteiger partial charge in [-0.2, -0.15) is 0 Å². The van der Waals surface area contributed by atoms with Crippen LogP contribution in [0.4, 0.5) is 0 Å². The Hall–Kier alpha value is -1.36. The largest absolute Gasteiger partial charge is 0.502 e. The Morgan fingerprint density at radius 1 is 1.50 bits per heavy atom. The van der Waals surface area contributed by atoms with Crippen LogP contribution in [-0.2, 0) is 0 Å². The van der Waals surface area contributed by atoms with Crippen molar-refractivity contribution in [3.05, 3.63) is 38.9 Å². The second kappa shape index (κ2) is 3.09. The summed E-state index contributed by atoms with van der Waals surface area (Å²) in [6.45, 7) is 1.60. The quantitative estimate of drug-likeness (QED) is 0.775. The lowest BCUT2D eigenvalue weighted by molar-refractivity contribution is 0.457. The molecule has 0 aliphatic heterocycles. The molecule has 1 N–H and O–H groups in total. The van der Waals surface area contributed by atoms with E-state index in [0.29, 0.717) is 11.3 Å². The van der Waals surface area contributed by atoms with Gasteiger partial charge >= 0.3 is 0 Å². The van der Waals surface area contributed by atoms with Gasteiger partial charge in [0, 0.05) is 10.7 Å². The first kappa shape index (κ1) is 9.21. The molecule has 0 aliphatic rings. The summed E-state index contributed by atoms with van der Waals surface area (Å²) in [5.74, 6) is -0.305. The van der Waals surface area contributed by atoms with Crippen LogP contribution in [0.2, 0.25) is 0 Å². The number of pyridine rings is 1. The van der Waals surface area contributed by atoms with Gasteiger partial charge in [-0.15, -0.1) is 0 Å². The van der Waals surface area contributed by atoms with E-state index in [2.05, 4.69) is 20.9 Å². The second-order valence-electron chi connectivity index (χ2n) is 2.93. The van der Waals surface area contributed by atoms with Gasteiger partial charge in [-0.1, -0.05) is 0 Å². The number of aromatic hydroxyl groups is 1. The monoisotopic (exact) mass is 254 g/mol. The Labute approximate surface area is 88.0 Å². The number of aryl methyl sites for hydroxylation is 1. The van der Waals surface area contributed by atoms with Crippen LogP contribution >= 0.6 is 15.9 Å². The van der Waals surface area contributed by atoms with Crippen molar-refractivity contribution in [3.63, 3.8) is 0 Å². The number of aromatic nitrogens is 2. The molecule has 2 heterocycles. The molecule has 14 heavy (non-hydrogen) atoms. The van der Waals surface area contributed by atoms with Gasteiger partial charge in [0.05, 0.1) is 5.69 Å². The van der Waals surface area contributed by atoms with Crippen molar-refractivity contribution in [2.24, 2.45) is 0 Å². The van der Waals surface area contributed by atoms with E-state index in [1.54, 1.807) is 25.3 Å². The lowest BCUT2D eigenvalue weighted by atomic mass is 10.4. The molecule has 2 aromatic heterocycles. The fourth-order valence-electron chi connectivity index (χ4n) is 1.21. The van der Waals surface area contributed by atoms with Crippen LogP contribution in [0, 0.1) is 6.92 Å². The van der Waals surface area contributed by atoms with Crippen molar-refractivity contribution >= 4 is 21.6 Å². The van der Waals surface area contributed by atoms with Gasteiger partial charge in [-0.05, 0) is 35.0 Å². The summed E-state index contributed by atoms with van der Waals surface area (Å²) in [4.78, 5) is 15.6. The van der Waals surface area contributed by atoms with Crippen molar-refractivity contribution < 1.29 is 5.11 Å². The zero-order valence-electron chi connectivity index (χ0n) is 7.36. The Morgan fingerprint density at radius 2 is 2.21 bits per heavy atom. The zero-order valence-corrected chi connectivity index (χ0v) is 8.95. The van der Waals surface area contributed by atoms with E-state index >= 15 is 0 Å². The minimum atomic E-state index is -0.450. The van der Waals surface area contributed by atoms with Gasteiger partial charge in [0.2, 0.25) is 5.75 Å². The number of rotatable bonds is 0. The van der Waals surface area contributed by atoms with Crippen molar-refractivity contribution in [3.8, 4) is 5.75 Å². The lowest BCUT2D eigenvalue weighted by Gasteiger charge is -2.03. The molecule has 72 valence electrons. The normalized spacial score (nSPS) is 10.7. The fraction of sp³-hybridized carbons (Fsp3) is 0.111. The molecule has 0 unspecified atom stereocenters. The standard InChI is InChI=1S/C9H7BrN2O2/c1-5-8(13)9(14)12-4-6(10)2-3-7(12)11-5/h2-4,13H,1H3. The topological polar surface area (TPSA) is 54.6 Å². The average molecular weight is 255 g/mol. The predicted octanol–water partition coefficient (Wildman–Crippen LogP) is 1.47. The fourth-order valence-corrected chi connectivity index (χ4v) is 1.55. The van der Waals surface area contributed by atoms with Crippen molar-refractivity contribution in [1.29, 1.82) is 0 Å². The molecule has 0 radical (unpaired) electrons. The molecule has 4 nitrogen and oxygen atoms in total. The summed E-state index contributed by atoms with van der Waals surface area (Å²) in [6.07, 6.45) is 1.57. The minimum Gasteiger partial charge on any atom is -0.502 e. The number of hydrogen-bond donors (Lipinski definition) is 1. The van der Waals surface area contributed by atoms with Crippen molar-refractivity contribution in [1.82, 2.24) is 9.38 Å². The summed E-state index contributed by atoms with van der Waals surface area (Å²) in [6, 6.07) is 3.50. The number of nitrogens with zero attached hydrogens (tertiary/aromatic N) is 2. The summed E-state index contributed by atoms with van der Waals surface area (Å²) in [5.41, 5.74) is 0.416. The Kier molecular flexibility index (Phi) is 2.03. The maximum atomic E-state index is 11.6. The van der Waals surface area contributed by atoms with Crippen molar-refractivity contribution in [2.45, 2.75) is 6.92 Å². The molecule has 0 amide bonds. The van der Waals surface area contributed by atoms with E-state index in [1.165, 1.54) is 4.40 Å². The Morgan fingerprint density at radius 3 is 2.93 bits per heavy atom. The third kappa shape index (κ3) is 1.29. The van der Waals surface area contributed by atoms with E-state index in [4.69, 9.17) is 0 Å². The van der Waals surface area contributed by atoms with E-state index < -0.39 is 5.56 Å². The molecule has 0 atom stereocenters. The molecule has 0 saturated heterocycles. The first-order valence-corrected chi connectivity index (χ1v) is 4.76. The molecule has 0 fully saturated rings. The Bertz CT molecular complexity index is 562. The Balaban J connectivity index is 2.99. The maximum absolute atomic E-state index is 11.6. The molecule has 5 heteroatoms. The number of fused-ring (bicyclic) bond motifs is 1. The molecule has 0 bridgehead atoms. The third-order valence-corrected chi connectivity index (χ3v) is 2.41. The van der Waals surface area contributed by atoms with E-state index in [-0.39, 0.29) is 5.75 Å². The molecule has 0 aromatic carbocycles. The summed E-state index contributed by atoms with van der Waals surface area (Å²) in [7, 11) is 0. The first-order chi connectivity index (χ1) is 6.59. The van der Waals surface area contributed by atoms with Crippen LogP contribution in [0.5, 0.6) is 5.75 Å². The van der Waals surface area contributed by atoms with Crippen LogP contribution in [0.1, 0.15) is 5.69 Å². The van der Waals surface area contributed by atoms with Gasteiger partial charge in [0.15, 0.2) is 0 Å². The second-order valence-corrected chi connectivity index (χ2v) is 3.84. The number of hydrogen-bond acceptors (Lipinski definition) is 3. The van der Waals surface area contributed by atoms with Gasteiger partial charge in [-0.3, -0.25) is 9.20 Å². The van der Waals surface area contributed by atoms with E-state index in [9.17, 15) is 9.90 Å². The summed E-state index contributed by atoms with van der Waals surface area (Å²) < 4.78 is 2.06. The smallest absolute Gasteiger partial charge is 0.300 e. The molecule has 2 rings (SSSR count). The number of halogens is 1.